The van der Waals surface area contributed by atoms with E-state index in [2.05, 4.69) is 30.4 Å². The molecule has 1 atom stereocenters. The van der Waals surface area contributed by atoms with Crippen molar-refractivity contribution in [1.29, 1.82) is 0 Å². The number of oxazole rings is 1. The maximum Gasteiger partial charge on any atom is 0.328 e. The van der Waals surface area contributed by atoms with E-state index in [1.54, 1.807) is 19.2 Å². The number of carbonyl (C=O) groups is 1. The Morgan fingerprint density at radius 2 is 1.91 bits per heavy atom. The van der Waals surface area contributed by atoms with Crippen LogP contribution in [0.5, 0.6) is 0 Å². The third kappa shape index (κ3) is 8.03. The molecule has 6 nitrogen and oxygen atoms in total. The van der Waals surface area contributed by atoms with Crippen molar-refractivity contribution in [2.45, 2.75) is 78.7 Å². The fraction of sp³-hybridized carbons (Fsp3) is 0.429. The van der Waals surface area contributed by atoms with Crippen LogP contribution in [0.25, 0.3) is 5.57 Å². The molecule has 3 N–H and O–H groups in total. The van der Waals surface area contributed by atoms with Crippen LogP contribution in [0, 0.1) is 6.92 Å². The fourth-order valence-electron chi connectivity index (χ4n) is 3.84. The molecule has 6 heteroatoms. The molecule has 2 aromatic rings. The molecule has 0 amide bonds. The number of benzene rings is 1. The molecule has 3 rings (SSSR count). The Kier molecular flexibility index (Phi) is 11.3. The summed E-state index contributed by atoms with van der Waals surface area (Å²) in [7, 11) is 0. The number of hydrogen-bond acceptors (Lipinski definition) is 5. The first-order chi connectivity index (χ1) is 16.5. The Morgan fingerprint density at radius 3 is 2.59 bits per heavy atom. The van der Waals surface area contributed by atoms with Crippen molar-refractivity contribution in [3.8, 4) is 0 Å². The molecule has 1 aromatic carbocycles. The number of allylic oxidation sites excluding steroid dienone is 5. The van der Waals surface area contributed by atoms with E-state index in [0.29, 0.717) is 6.42 Å². The summed E-state index contributed by atoms with van der Waals surface area (Å²) in [6.45, 7) is 7.79. The molecule has 0 saturated carbocycles. The number of carboxylic acid groups (broad SMARTS) is 1. The number of hydrazine groups is 1. The Labute approximate surface area is 203 Å². The molecule has 34 heavy (non-hydrogen) atoms. The van der Waals surface area contributed by atoms with Gasteiger partial charge in [0.2, 0.25) is 5.89 Å². The van der Waals surface area contributed by atoms with Crippen molar-refractivity contribution >= 4 is 11.5 Å². The highest BCUT2D eigenvalue weighted by molar-refractivity contribution is 5.74. The van der Waals surface area contributed by atoms with Crippen LogP contribution in [-0.2, 0) is 24.1 Å². The predicted molar refractivity (Wildman–Crippen MR) is 138 cm³/mol. The quantitative estimate of drug-likeness (QED) is 0.330. The van der Waals surface area contributed by atoms with Crippen LogP contribution in [0.2, 0.25) is 0 Å². The lowest BCUT2D eigenvalue weighted by Crippen LogP contribution is -2.43. The van der Waals surface area contributed by atoms with E-state index >= 15 is 0 Å². The summed E-state index contributed by atoms with van der Waals surface area (Å²) in [6, 6.07) is 7.30. The predicted octanol–water partition coefficient (Wildman–Crippen LogP) is 6.01. The van der Waals surface area contributed by atoms with E-state index < -0.39 is 12.0 Å². The summed E-state index contributed by atoms with van der Waals surface area (Å²) in [4.78, 5) is 16.3. The molecule has 0 spiro atoms. The molecule has 1 aliphatic carbocycles. The Bertz CT molecular complexity index is 987. The molecule has 0 saturated heterocycles. The average Bonchev–Trinajstić information content (AvgIpc) is 3.02. The van der Waals surface area contributed by atoms with Crippen molar-refractivity contribution < 1.29 is 14.3 Å². The van der Waals surface area contributed by atoms with E-state index in [0.717, 1.165) is 60.6 Å². The monoisotopic (exact) mass is 465 g/mol. The van der Waals surface area contributed by atoms with E-state index in [1.807, 2.05) is 32.9 Å². The number of rotatable bonds is 10. The van der Waals surface area contributed by atoms with Gasteiger partial charge in [0, 0.05) is 18.2 Å². The summed E-state index contributed by atoms with van der Waals surface area (Å²) in [5.41, 5.74) is 4.27. The highest BCUT2D eigenvalue weighted by Crippen LogP contribution is 2.23. The lowest BCUT2D eigenvalue weighted by atomic mass is 10.0. The molecular weight excluding hydrogens is 426 g/mol. The lowest BCUT2D eigenvalue weighted by Gasteiger charge is -2.22. The first kappa shape index (κ1) is 27.1. The molecule has 0 fully saturated rings. The second-order valence-corrected chi connectivity index (χ2v) is 8.17. The minimum atomic E-state index is -0.938. The second kappa shape index (κ2) is 14.2. The van der Waals surface area contributed by atoms with Crippen LogP contribution in [0.1, 0.15) is 74.9 Å². The molecule has 0 aliphatic heterocycles. The van der Waals surface area contributed by atoms with Gasteiger partial charge in [-0.05, 0) is 63.5 Å². The number of carboxylic acids is 1. The van der Waals surface area contributed by atoms with E-state index in [9.17, 15) is 9.90 Å². The SMILES string of the molecule is C/C=C\N(N)C(Cc1ccc(CCCc2nc(C3=CCCCC=C3)oc2C)cc1)C(=O)O.CC. The largest absolute Gasteiger partial charge is 0.480 e. The van der Waals surface area contributed by atoms with Crippen molar-refractivity contribution in [3.05, 3.63) is 83.2 Å². The second-order valence-electron chi connectivity index (χ2n) is 8.17. The van der Waals surface area contributed by atoms with Gasteiger partial charge in [-0.2, -0.15) is 0 Å². The fourth-order valence-corrected chi connectivity index (χ4v) is 3.84. The zero-order chi connectivity index (χ0) is 24.9. The summed E-state index contributed by atoms with van der Waals surface area (Å²) in [6.07, 6.45) is 16.2. The number of hydrogen-bond donors (Lipinski definition) is 2. The van der Waals surface area contributed by atoms with Crippen molar-refractivity contribution in [3.63, 3.8) is 0 Å². The van der Waals surface area contributed by atoms with Gasteiger partial charge in [-0.25, -0.2) is 15.6 Å². The summed E-state index contributed by atoms with van der Waals surface area (Å²) in [5, 5.41) is 10.7. The number of nitrogens with two attached hydrogens (primary N) is 1. The first-order valence-electron chi connectivity index (χ1n) is 12.3. The van der Waals surface area contributed by atoms with Gasteiger partial charge in [-0.1, -0.05) is 62.4 Å². The minimum Gasteiger partial charge on any atom is -0.480 e. The van der Waals surface area contributed by atoms with Gasteiger partial charge in [-0.15, -0.1) is 0 Å². The van der Waals surface area contributed by atoms with Gasteiger partial charge in [0.1, 0.15) is 11.8 Å². The van der Waals surface area contributed by atoms with Crippen molar-refractivity contribution in [1.82, 2.24) is 9.99 Å². The van der Waals surface area contributed by atoms with Gasteiger partial charge >= 0.3 is 5.97 Å². The standard InChI is InChI=1S/C26H33N3O3.C2H6/c1-3-17-29(27)24(26(30)31)18-21-15-13-20(14-16-21)9-8-12-23-19(2)32-25(28-23)22-10-6-4-5-7-11-22;1-2/h3,6,10-11,13-17,24H,4-5,7-9,12,18,27H2,1-2H3,(H,30,31);1-2H3/b17-3-;. The van der Waals surface area contributed by atoms with Gasteiger partial charge in [0.25, 0.3) is 0 Å². The molecule has 1 unspecified atom stereocenters. The third-order valence-electron chi connectivity index (χ3n) is 5.67. The topological polar surface area (TPSA) is 92.6 Å². The average molecular weight is 466 g/mol. The number of aliphatic carboxylic acids is 1. The number of aromatic nitrogens is 1. The highest BCUT2D eigenvalue weighted by Gasteiger charge is 2.21. The molecular formula is C28H39N3O3. The molecule has 1 aliphatic rings. The highest BCUT2D eigenvalue weighted by atomic mass is 16.4. The minimum absolute atomic E-state index is 0.349. The van der Waals surface area contributed by atoms with Gasteiger partial charge in [0.05, 0.1) is 5.69 Å². The molecule has 0 bridgehead atoms. The van der Waals surface area contributed by atoms with E-state index in [-0.39, 0.29) is 0 Å². The van der Waals surface area contributed by atoms with E-state index in [1.165, 1.54) is 17.0 Å². The van der Waals surface area contributed by atoms with Gasteiger partial charge in [0.15, 0.2) is 0 Å². The number of nitrogens with zero attached hydrogens (tertiary/aromatic N) is 2. The van der Waals surface area contributed by atoms with Crippen LogP contribution in [-0.4, -0.2) is 27.1 Å². The summed E-state index contributed by atoms with van der Waals surface area (Å²) < 4.78 is 5.92. The molecule has 1 heterocycles. The first-order valence-corrected chi connectivity index (χ1v) is 12.3. The normalized spacial score (nSPS) is 14.2. The lowest BCUT2D eigenvalue weighted by molar-refractivity contribution is -0.142. The third-order valence-corrected chi connectivity index (χ3v) is 5.67. The van der Waals surface area contributed by atoms with Crippen molar-refractivity contribution in [2.24, 2.45) is 5.84 Å². The van der Waals surface area contributed by atoms with E-state index in [4.69, 9.17) is 15.2 Å². The molecule has 0 radical (unpaired) electrons. The van der Waals surface area contributed by atoms with Gasteiger partial charge < -0.3 is 14.5 Å². The van der Waals surface area contributed by atoms with Crippen LogP contribution < -0.4 is 5.84 Å². The zero-order valence-electron chi connectivity index (χ0n) is 21.0. The molecule has 184 valence electrons. The Morgan fingerprint density at radius 1 is 1.21 bits per heavy atom. The van der Waals surface area contributed by atoms with Crippen molar-refractivity contribution in [2.75, 3.05) is 0 Å². The van der Waals surface area contributed by atoms with Gasteiger partial charge in [-0.3, -0.25) is 0 Å². The van der Waals surface area contributed by atoms with Crippen LogP contribution in [0.15, 0.2) is 59.2 Å². The van der Waals surface area contributed by atoms with Crippen LogP contribution >= 0.6 is 0 Å². The summed E-state index contributed by atoms with van der Waals surface area (Å²) in [5.74, 6) is 6.52. The smallest absolute Gasteiger partial charge is 0.328 e. The van der Waals surface area contributed by atoms with Crippen LogP contribution in [0.3, 0.4) is 0 Å². The maximum atomic E-state index is 11.5. The Hall–Kier alpha value is -3.12. The maximum absolute atomic E-state index is 11.5. The number of aryl methyl sites for hydroxylation is 3. The van der Waals surface area contributed by atoms with Crippen LogP contribution in [0.4, 0.5) is 0 Å². The summed E-state index contributed by atoms with van der Waals surface area (Å²) >= 11 is 0. The Balaban J connectivity index is 0.00000199. The molecule has 1 aromatic heterocycles. The zero-order valence-corrected chi connectivity index (χ0v) is 21.0.